The number of hydrogen-bond donors (Lipinski definition) is 1. The standard InChI is InChI=1S/C15H17N3O4/c1-8-12-10(22-14(8)15(21)17(2)3)5-4-9-6-18(7-11(19)20)16-13(9)12/h6H,4-5,7H2,1-3H3,(H,19,20). The SMILES string of the molecule is Cc1c(C(=O)N(C)C)oc2c1-c1nn(CC(=O)O)cc1CC2. The molecule has 0 bridgehead atoms. The summed E-state index contributed by atoms with van der Waals surface area (Å²) in [5.41, 5.74) is 3.30. The van der Waals surface area contributed by atoms with Gasteiger partial charge in [0.1, 0.15) is 12.3 Å². The van der Waals surface area contributed by atoms with Crippen molar-refractivity contribution in [1.29, 1.82) is 0 Å². The molecule has 22 heavy (non-hydrogen) atoms. The van der Waals surface area contributed by atoms with Gasteiger partial charge in [-0.1, -0.05) is 0 Å². The molecule has 116 valence electrons. The molecule has 0 fully saturated rings. The lowest BCUT2D eigenvalue weighted by atomic mass is 9.93. The average Bonchev–Trinajstić information content (AvgIpc) is 2.97. The Balaban J connectivity index is 2.08. The van der Waals surface area contributed by atoms with Gasteiger partial charge >= 0.3 is 5.97 Å². The van der Waals surface area contributed by atoms with Crippen LogP contribution in [0.4, 0.5) is 0 Å². The zero-order chi connectivity index (χ0) is 16.0. The maximum absolute atomic E-state index is 12.2. The van der Waals surface area contributed by atoms with Crippen molar-refractivity contribution in [2.24, 2.45) is 0 Å². The quantitative estimate of drug-likeness (QED) is 0.924. The number of carboxylic acids is 1. The molecule has 7 heteroatoms. The minimum atomic E-state index is -0.938. The van der Waals surface area contributed by atoms with Crippen molar-refractivity contribution >= 4 is 11.9 Å². The first kappa shape index (κ1) is 14.4. The maximum atomic E-state index is 12.2. The van der Waals surface area contributed by atoms with Crippen LogP contribution in [0.15, 0.2) is 10.6 Å². The molecule has 0 saturated heterocycles. The largest absolute Gasteiger partial charge is 0.480 e. The summed E-state index contributed by atoms with van der Waals surface area (Å²) in [6.07, 6.45) is 3.17. The molecule has 2 aromatic rings. The predicted molar refractivity (Wildman–Crippen MR) is 77.7 cm³/mol. The summed E-state index contributed by atoms with van der Waals surface area (Å²) in [7, 11) is 3.35. The normalized spacial score (nSPS) is 12.7. The van der Waals surface area contributed by atoms with Crippen LogP contribution in [0.5, 0.6) is 0 Å². The minimum Gasteiger partial charge on any atom is -0.480 e. The highest BCUT2D eigenvalue weighted by Crippen LogP contribution is 2.38. The Labute approximate surface area is 127 Å². The second-order valence-electron chi connectivity index (χ2n) is 5.65. The van der Waals surface area contributed by atoms with Crippen LogP contribution in [-0.2, 0) is 24.2 Å². The summed E-state index contributed by atoms with van der Waals surface area (Å²) in [5.74, 6) is -0.0442. The number of rotatable bonds is 3. The van der Waals surface area contributed by atoms with Crippen molar-refractivity contribution in [3.05, 3.63) is 28.8 Å². The predicted octanol–water partition coefficient (Wildman–Crippen LogP) is 1.34. The third-order valence-electron chi connectivity index (χ3n) is 3.81. The molecule has 3 rings (SSSR count). The first-order valence-electron chi connectivity index (χ1n) is 7.01. The van der Waals surface area contributed by atoms with Gasteiger partial charge < -0.3 is 14.4 Å². The molecule has 0 saturated carbocycles. The number of fused-ring (bicyclic) bond motifs is 3. The zero-order valence-electron chi connectivity index (χ0n) is 12.7. The van der Waals surface area contributed by atoms with E-state index >= 15 is 0 Å². The minimum absolute atomic E-state index is 0.178. The molecule has 0 unspecified atom stereocenters. The number of hydrogen-bond acceptors (Lipinski definition) is 4. The Hall–Kier alpha value is -2.57. The molecule has 0 aromatic carbocycles. The van der Waals surface area contributed by atoms with Crippen molar-refractivity contribution in [3.8, 4) is 11.3 Å². The Bertz CT molecular complexity index is 770. The number of amides is 1. The second kappa shape index (κ2) is 5.01. The van der Waals surface area contributed by atoms with Crippen LogP contribution in [0.25, 0.3) is 11.3 Å². The molecular weight excluding hydrogens is 286 g/mol. The van der Waals surface area contributed by atoms with Crippen LogP contribution in [0.1, 0.15) is 27.4 Å². The average molecular weight is 303 g/mol. The van der Waals surface area contributed by atoms with E-state index in [1.807, 2.05) is 6.92 Å². The molecule has 0 aliphatic heterocycles. The molecule has 2 aromatic heterocycles. The van der Waals surface area contributed by atoms with Gasteiger partial charge in [0.25, 0.3) is 5.91 Å². The van der Waals surface area contributed by atoms with E-state index in [1.54, 1.807) is 20.3 Å². The van der Waals surface area contributed by atoms with Crippen LogP contribution in [0.2, 0.25) is 0 Å². The van der Waals surface area contributed by atoms with Crippen LogP contribution in [0.3, 0.4) is 0 Å². The highest BCUT2D eigenvalue weighted by molar-refractivity contribution is 5.95. The number of aliphatic carboxylic acids is 1. The first-order valence-corrected chi connectivity index (χ1v) is 7.01. The number of furan rings is 1. The van der Waals surface area contributed by atoms with Gasteiger partial charge in [0.15, 0.2) is 5.76 Å². The fourth-order valence-electron chi connectivity index (χ4n) is 2.79. The summed E-state index contributed by atoms with van der Waals surface area (Å²) >= 11 is 0. The third-order valence-corrected chi connectivity index (χ3v) is 3.81. The zero-order valence-corrected chi connectivity index (χ0v) is 12.7. The lowest BCUT2D eigenvalue weighted by Gasteiger charge is -2.09. The molecular formula is C15H17N3O4. The fraction of sp³-hybridized carbons (Fsp3) is 0.400. The lowest BCUT2D eigenvalue weighted by molar-refractivity contribution is -0.137. The number of carboxylic acid groups (broad SMARTS) is 1. The fourth-order valence-corrected chi connectivity index (χ4v) is 2.79. The van der Waals surface area contributed by atoms with E-state index in [4.69, 9.17) is 9.52 Å². The molecule has 1 N–H and O–H groups in total. The van der Waals surface area contributed by atoms with Gasteiger partial charge in [0, 0.05) is 37.8 Å². The summed E-state index contributed by atoms with van der Waals surface area (Å²) in [6, 6.07) is 0. The van der Waals surface area contributed by atoms with Crippen molar-refractivity contribution < 1.29 is 19.1 Å². The van der Waals surface area contributed by atoms with E-state index in [0.29, 0.717) is 12.2 Å². The van der Waals surface area contributed by atoms with Crippen LogP contribution >= 0.6 is 0 Å². The number of aromatic nitrogens is 2. The van der Waals surface area contributed by atoms with Gasteiger partial charge in [-0.25, -0.2) is 0 Å². The van der Waals surface area contributed by atoms with Crippen molar-refractivity contribution in [1.82, 2.24) is 14.7 Å². The van der Waals surface area contributed by atoms with Gasteiger partial charge in [-0.3, -0.25) is 14.3 Å². The number of aryl methyl sites for hydroxylation is 2. The molecule has 7 nitrogen and oxygen atoms in total. The smallest absolute Gasteiger partial charge is 0.325 e. The van der Waals surface area contributed by atoms with Crippen LogP contribution < -0.4 is 0 Å². The molecule has 1 aliphatic carbocycles. The van der Waals surface area contributed by atoms with Crippen molar-refractivity contribution in [3.63, 3.8) is 0 Å². The Morgan fingerprint density at radius 1 is 1.41 bits per heavy atom. The van der Waals surface area contributed by atoms with Gasteiger partial charge in [-0.15, -0.1) is 0 Å². The van der Waals surface area contributed by atoms with Gasteiger partial charge in [0.2, 0.25) is 0 Å². The molecule has 1 amide bonds. The summed E-state index contributed by atoms with van der Waals surface area (Å²) in [4.78, 5) is 24.5. The molecule has 0 radical (unpaired) electrons. The van der Waals surface area contributed by atoms with E-state index in [-0.39, 0.29) is 12.5 Å². The number of nitrogens with zero attached hydrogens (tertiary/aromatic N) is 3. The second-order valence-corrected chi connectivity index (χ2v) is 5.65. The van der Waals surface area contributed by atoms with Gasteiger partial charge in [-0.2, -0.15) is 5.10 Å². The summed E-state index contributed by atoms with van der Waals surface area (Å²) < 4.78 is 7.17. The van der Waals surface area contributed by atoms with E-state index < -0.39 is 5.97 Å². The molecule has 2 heterocycles. The van der Waals surface area contributed by atoms with E-state index in [9.17, 15) is 9.59 Å². The van der Waals surface area contributed by atoms with Gasteiger partial charge in [0.05, 0.1) is 5.69 Å². The van der Waals surface area contributed by atoms with E-state index in [1.165, 1.54) is 9.58 Å². The van der Waals surface area contributed by atoms with E-state index in [0.717, 1.165) is 34.6 Å². The van der Waals surface area contributed by atoms with Crippen LogP contribution in [-0.4, -0.2) is 45.8 Å². The number of carbonyl (C=O) groups excluding carboxylic acids is 1. The highest BCUT2D eigenvalue weighted by atomic mass is 16.4. The first-order chi connectivity index (χ1) is 10.4. The molecule has 0 atom stereocenters. The maximum Gasteiger partial charge on any atom is 0.325 e. The highest BCUT2D eigenvalue weighted by Gasteiger charge is 2.30. The topological polar surface area (TPSA) is 88.6 Å². The Kier molecular flexibility index (Phi) is 3.27. The van der Waals surface area contributed by atoms with Crippen LogP contribution in [0, 0.1) is 6.92 Å². The third kappa shape index (κ3) is 2.18. The van der Waals surface area contributed by atoms with Crippen molar-refractivity contribution in [2.75, 3.05) is 14.1 Å². The lowest BCUT2D eigenvalue weighted by Crippen LogP contribution is -2.21. The number of carbonyl (C=O) groups is 2. The monoisotopic (exact) mass is 303 g/mol. The molecule has 1 aliphatic rings. The summed E-state index contributed by atoms with van der Waals surface area (Å²) in [5, 5.41) is 13.2. The van der Waals surface area contributed by atoms with E-state index in [2.05, 4.69) is 5.10 Å². The van der Waals surface area contributed by atoms with Crippen molar-refractivity contribution in [2.45, 2.75) is 26.3 Å². The summed E-state index contributed by atoms with van der Waals surface area (Å²) in [6.45, 7) is 1.66. The van der Waals surface area contributed by atoms with Gasteiger partial charge in [-0.05, 0) is 18.9 Å². The Morgan fingerprint density at radius 2 is 2.14 bits per heavy atom. The molecule has 0 spiro atoms. The Morgan fingerprint density at radius 3 is 2.77 bits per heavy atom.